The number of carbonyl (C=O) groups is 2. The minimum Gasteiger partial charge on any atom is -0.481 e. The SMILES string of the molecule is COc1nc(-c2cccc(-c3cccc(NC(=O)c4cn(C)c(=O)n(C)c4=O)c3C)c2C)cc2c1[C@H](NC[C@@H]1CCC(=O)N1)CC2. The minimum atomic E-state index is -0.653. The van der Waals surface area contributed by atoms with E-state index in [-0.39, 0.29) is 23.6 Å². The zero-order valence-electron chi connectivity index (χ0n) is 26.7. The van der Waals surface area contributed by atoms with Crippen LogP contribution in [-0.4, -0.2) is 45.6 Å². The number of amides is 2. The van der Waals surface area contributed by atoms with Gasteiger partial charge in [-0.2, -0.15) is 0 Å². The molecule has 4 aromatic rings. The van der Waals surface area contributed by atoms with Crippen LogP contribution < -0.4 is 31.9 Å². The molecule has 0 spiro atoms. The van der Waals surface area contributed by atoms with E-state index < -0.39 is 17.2 Å². The van der Waals surface area contributed by atoms with Gasteiger partial charge in [-0.15, -0.1) is 0 Å². The first-order valence-electron chi connectivity index (χ1n) is 15.5. The van der Waals surface area contributed by atoms with Gasteiger partial charge in [-0.3, -0.25) is 19.0 Å². The average Bonchev–Trinajstić information content (AvgIpc) is 3.66. The summed E-state index contributed by atoms with van der Waals surface area (Å²) < 4.78 is 7.96. The van der Waals surface area contributed by atoms with E-state index in [2.05, 4.69) is 35.0 Å². The second kappa shape index (κ2) is 12.4. The number of anilines is 1. The molecular weight excluding hydrogens is 584 g/mol. The molecule has 0 radical (unpaired) electrons. The van der Waals surface area contributed by atoms with Crippen molar-refractivity contribution in [2.45, 2.75) is 51.6 Å². The van der Waals surface area contributed by atoms with E-state index in [9.17, 15) is 19.2 Å². The number of rotatable bonds is 8. The fraction of sp³-hybridized carbons (Fsp3) is 0.343. The highest BCUT2D eigenvalue weighted by Gasteiger charge is 2.30. The first kappa shape index (κ1) is 31.0. The monoisotopic (exact) mass is 622 g/mol. The molecule has 1 fully saturated rings. The molecule has 0 saturated carbocycles. The quantitative estimate of drug-likeness (QED) is 0.274. The number of benzene rings is 2. The summed E-state index contributed by atoms with van der Waals surface area (Å²) in [4.78, 5) is 54.5. The second-order valence-corrected chi connectivity index (χ2v) is 12.1. The fourth-order valence-corrected chi connectivity index (χ4v) is 6.64. The number of aryl methyl sites for hydroxylation is 2. The summed E-state index contributed by atoms with van der Waals surface area (Å²) in [6.07, 6.45) is 4.52. The standard InChI is InChI=1S/C35H38N6O5/c1-19-23(24-9-7-11-27(20(24)2)38-32(43)26-18-40(3)35(45)41(4)34(26)44)8-6-10-25(19)29-16-21-12-14-28(31(21)33(39-29)46-5)36-17-22-13-15-30(42)37-22/h6-11,16,18,22,28,36H,12-15,17H2,1-5H3,(H,37,42)(H,38,43)/t22-,28+/m0/s1. The predicted molar refractivity (Wildman–Crippen MR) is 176 cm³/mol. The Hall–Kier alpha value is -5.03. The molecule has 2 aromatic carbocycles. The van der Waals surface area contributed by atoms with E-state index in [1.54, 1.807) is 13.2 Å². The van der Waals surface area contributed by atoms with Crippen molar-refractivity contribution in [3.8, 4) is 28.3 Å². The Morgan fingerprint density at radius 1 is 1.00 bits per heavy atom. The maximum atomic E-state index is 13.2. The van der Waals surface area contributed by atoms with Crippen molar-refractivity contribution in [3.05, 3.63) is 97.3 Å². The van der Waals surface area contributed by atoms with Crippen molar-refractivity contribution in [2.24, 2.45) is 14.1 Å². The molecule has 3 heterocycles. The molecule has 1 saturated heterocycles. The third-order valence-electron chi connectivity index (χ3n) is 9.22. The number of carbonyl (C=O) groups excluding carboxylic acids is 2. The molecule has 11 heteroatoms. The van der Waals surface area contributed by atoms with Gasteiger partial charge in [-0.1, -0.05) is 30.3 Å². The number of aromatic nitrogens is 3. The van der Waals surface area contributed by atoms with Crippen LogP contribution in [0.1, 0.15) is 57.9 Å². The Morgan fingerprint density at radius 3 is 2.43 bits per heavy atom. The lowest BCUT2D eigenvalue weighted by molar-refractivity contribution is -0.119. The molecule has 2 aliphatic rings. The molecule has 2 atom stereocenters. The van der Waals surface area contributed by atoms with Gasteiger partial charge in [0.05, 0.1) is 12.8 Å². The number of fused-ring (bicyclic) bond motifs is 1. The first-order chi connectivity index (χ1) is 22.1. The summed E-state index contributed by atoms with van der Waals surface area (Å²) in [5, 5.41) is 9.52. The molecule has 3 N–H and O–H groups in total. The predicted octanol–water partition coefficient (Wildman–Crippen LogP) is 3.55. The van der Waals surface area contributed by atoms with E-state index in [1.807, 2.05) is 31.2 Å². The highest BCUT2D eigenvalue weighted by molar-refractivity contribution is 6.04. The zero-order chi connectivity index (χ0) is 32.7. The van der Waals surface area contributed by atoms with Gasteiger partial charge in [0.2, 0.25) is 11.8 Å². The highest BCUT2D eigenvalue weighted by Crippen LogP contribution is 2.41. The van der Waals surface area contributed by atoms with Gasteiger partial charge >= 0.3 is 5.69 Å². The van der Waals surface area contributed by atoms with Gasteiger partial charge in [0.25, 0.3) is 11.5 Å². The Labute approximate surface area is 266 Å². The highest BCUT2D eigenvalue weighted by atomic mass is 16.5. The zero-order valence-corrected chi connectivity index (χ0v) is 26.7. The van der Waals surface area contributed by atoms with E-state index >= 15 is 0 Å². The smallest absolute Gasteiger partial charge is 0.330 e. The van der Waals surface area contributed by atoms with Gasteiger partial charge < -0.3 is 25.3 Å². The van der Waals surface area contributed by atoms with E-state index in [4.69, 9.17) is 9.72 Å². The summed E-state index contributed by atoms with van der Waals surface area (Å²) in [5.74, 6) is 0.130. The third kappa shape index (κ3) is 5.62. The number of hydrogen-bond acceptors (Lipinski definition) is 7. The van der Waals surface area contributed by atoms with Crippen molar-refractivity contribution >= 4 is 17.5 Å². The molecule has 238 valence electrons. The van der Waals surface area contributed by atoms with E-state index in [1.165, 1.54) is 30.4 Å². The van der Waals surface area contributed by atoms with Crippen LogP contribution >= 0.6 is 0 Å². The minimum absolute atomic E-state index is 0.109. The molecule has 11 nitrogen and oxygen atoms in total. The third-order valence-corrected chi connectivity index (χ3v) is 9.22. The summed E-state index contributed by atoms with van der Waals surface area (Å²) in [6, 6.07) is 14.2. The van der Waals surface area contributed by atoms with Gasteiger partial charge in [0.15, 0.2) is 0 Å². The molecule has 0 bridgehead atoms. The second-order valence-electron chi connectivity index (χ2n) is 12.1. The normalized spacial score (nSPS) is 17.1. The number of nitrogens with zero attached hydrogens (tertiary/aromatic N) is 3. The number of hydrogen-bond donors (Lipinski definition) is 3. The van der Waals surface area contributed by atoms with Gasteiger partial charge in [0, 0.05) is 62.2 Å². The van der Waals surface area contributed by atoms with Crippen molar-refractivity contribution < 1.29 is 14.3 Å². The van der Waals surface area contributed by atoms with Crippen molar-refractivity contribution in [2.75, 3.05) is 19.0 Å². The van der Waals surface area contributed by atoms with Gasteiger partial charge in [-0.05, 0) is 73.1 Å². The summed E-state index contributed by atoms with van der Waals surface area (Å²) in [6.45, 7) is 4.70. The molecule has 46 heavy (non-hydrogen) atoms. The molecule has 2 amide bonds. The lowest BCUT2D eigenvalue weighted by Gasteiger charge is -2.20. The van der Waals surface area contributed by atoms with Gasteiger partial charge in [0.1, 0.15) is 5.56 Å². The van der Waals surface area contributed by atoms with Gasteiger partial charge in [-0.25, -0.2) is 9.78 Å². The summed E-state index contributed by atoms with van der Waals surface area (Å²) in [7, 11) is 4.50. The first-order valence-corrected chi connectivity index (χ1v) is 15.5. The Balaban J connectivity index is 1.29. The van der Waals surface area contributed by atoms with Crippen LogP contribution in [0, 0.1) is 13.8 Å². The maximum absolute atomic E-state index is 13.2. The van der Waals surface area contributed by atoms with Crippen LogP contribution in [0.25, 0.3) is 22.4 Å². The number of pyridine rings is 1. The fourth-order valence-electron chi connectivity index (χ4n) is 6.64. The maximum Gasteiger partial charge on any atom is 0.330 e. The number of methoxy groups -OCH3 is 1. The number of ether oxygens (including phenoxy) is 1. The van der Waals surface area contributed by atoms with Crippen LogP contribution in [0.4, 0.5) is 5.69 Å². The lowest BCUT2D eigenvalue weighted by atomic mass is 9.91. The molecule has 1 aliphatic heterocycles. The van der Waals surface area contributed by atoms with Crippen LogP contribution in [0.3, 0.4) is 0 Å². The summed E-state index contributed by atoms with van der Waals surface area (Å²) >= 11 is 0. The summed E-state index contributed by atoms with van der Waals surface area (Å²) in [5.41, 5.74) is 7.16. The Bertz CT molecular complexity index is 1990. The van der Waals surface area contributed by atoms with Crippen molar-refractivity contribution in [1.29, 1.82) is 0 Å². The van der Waals surface area contributed by atoms with Crippen LogP contribution in [0.15, 0.2) is 58.3 Å². The number of nitrogens with one attached hydrogen (secondary N) is 3. The average molecular weight is 623 g/mol. The van der Waals surface area contributed by atoms with Crippen LogP contribution in [0.2, 0.25) is 0 Å². The molecule has 2 aromatic heterocycles. The molecule has 0 unspecified atom stereocenters. The molecule has 1 aliphatic carbocycles. The van der Waals surface area contributed by atoms with Crippen LogP contribution in [-0.2, 0) is 25.3 Å². The van der Waals surface area contributed by atoms with E-state index in [0.717, 1.165) is 62.9 Å². The lowest BCUT2D eigenvalue weighted by Crippen LogP contribution is -2.40. The largest absolute Gasteiger partial charge is 0.481 e. The van der Waals surface area contributed by atoms with Crippen LogP contribution in [0.5, 0.6) is 5.88 Å². The van der Waals surface area contributed by atoms with E-state index in [0.29, 0.717) is 24.5 Å². The topological polar surface area (TPSA) is 136 Å². The van der Waals surface area contributed by atoms with Crippen molar-refractivity contribution in [3.63, 3.8) is 0 Å². The Morgan fingerprint density at radius 2 is 1.72 bits per heavy atom. The Kier molecular flexibility index (Phi) is 8.35. The van der Waals surface area contributed by atoms with Crippen molar-refractivity contribution in [1.82, 2.24) is 24.8 Å². The molecule has 6 rings (SSSR count). The molecular formula is C35H38N6O5.